The maximum Gasteiger partial charge on any atom is 0.345 e. The van der Waals surface area contributed by atoms with E-state index in [1.807, 2.05) is 0 Å². The first kappa shape index (κ1) is 17.0. The Labute approximate surface area is 128 Å². The number of hydrogen-bond acceptors (Lipinski definition) is 5. The lowest BCUT2D eigenvalue weighted by Crippen LogP contribution is -2.23. The molecule has 0 heterocycles. The van der Waals surface area contributed by atoms with Crippen molar-refractivity contribution in [2.75, 3.05) is 7.11 Å². The first-order valence-corrected chi connectivity index (χ1v) is 6.61. The lowest BCUT2D eigenvalue weighted by Gasteiger charge is -2.17. The van der Waals surface area contributed by atoms with Crippen LogP contribution < -0.4 is 4.74 Å². The lowest BCUT2D eigenvalue weighted by atomic mass is 10.1. The number of aryl methyl sites for hydroxylation is 1. The minimum Gasteiger partial charge on any atom is -0.507 e. The molecule has 21 heavy (non-hydrogen) atoms. The number of hydrogen-bond donors (Lipinski definition) is 1. The highest BCUT2D eigenvalue weighted by Gasteiger charge is 2.25. The molecule has 6 heteroatoms. The van der Waals surface area contributed by atoms with Crippen molar-refractivity contribution >= 4 is 23.4 Å². The molecule has 1 N–H and O–H groups in total. The predicted molar refractivity (Wildman–Crippen MR) is 78.6 cm³/mol. The maximum absolute atomic E-state index is 11.5. The molecule has 1 aromatic rings. The number of methoxy groups -OCH3 is 1. The topological polar surface area (TPSA) is 72.8 Å². The molecule has 5 nitrogen and oxygen atoms in total. The summed E-state index contributed by atoms with van der Waals surface area (Å²) in [5.74, 6) is -1.47. The number of carbonyl (C=O) groups is 2. The van der Waals surface area contributed by atoms with E-state index in [2.05, 4.69) is 4.74 Å². The van der Waals surface area contributed by atoms with Crippen LogP contribution in [0.1, 0.15) is 19.4 Å². The zero-order valence-corrected chi connectivity index (χ0v) is 13.0. The van der Waals surface area contributed by atoms with Gasteiger partial charge in [-0.05, 0) is 44.5 Å². The smallest absolute Gasteiger partial charge is 0.345 e. The molecule has 0 aliphatic heterocycles. The molecule has 0 bridgehead atoms. The van der Waals surface area contributed by atoms with Crippen LogP contribution >= 0.6 is 11.6 Å². The van der Waals surface area contributed by atoms with Crippen molar-refractivity contribution in [1.29, 1.82) is 0 Å². The molecular formula is C15H17ClO5. The van der Waals surface area contributed by atoms with Crippen LogP contribution in [-0.4, -0.2) is 30.1 Å². The van der Waals surface area contributed by atoms with Crippen LogP contribution in [-0.2, 0) is 14.3 Å². The van der Waals surface area contributed by atoms with E-state index in [0.717, 1.165) is 12.7 Å². The molecular weight excluding hydrogens is 296 g/mol. The number of benzene rings is 1. The Morgan fingerprint density at radius 3 is 2.43 bits per heavy atom. The Hall–Kier alpha value is -2.01. The van der Waals surface area contributed by atoms with Gasteiger partial charge < -0.3 is 14.6 Å². The molecule has 0 aromatic heterocycles. The van der Waals surface area contributed by atoms with Crippen molar-refractivity contribution in [3.8, 4) is 5.75 Å². The summed E-state index contributed by atoms with van der Waals surface area (Å²) < 4.78 is 10.0. The van der Waals surface area contributed by atoms with Gasteiger partial charge in [0.25, 0.3) is 0 Å². The Morgan fingerprint density at radius 1 is 1.33 bits per heavy atom. The van der Waals surface area contributed by atoms with E-state index in [4.69, 9.17) is 16.3 Å². The van der Waals surface area contributed by atoms with Crippen molar-refractivity contribution < 1.29 is 24.2 Å². The SMILES string of the molecule is COC(=O)/C(C(C)=O)=C(/O)C(C)Oc1ccc(Cl)cc1C. The Morgan fingerprint density at radius 2 is 1.95 bits per heavy atom. The van der Waals surface area contributed by atoms with Gasteiger partial charge in [-0.25, -0.2) is 4.79 Å². The minimum absolute atomic E-state index is 0.420. The van der Waals surface area contributed by atoms with E-state index < -0.39 is 29.2 Å². The maximum atomic E-state index is 11.5. The van der Waals surface area contributed by atoms with Gasteiger partial charge in [-0.3, -0.25) is 4.79 Å². The molecule has 0 aliphatic rings. The highest BCUT2D eigenvalue weighted by molar-refractivity contribution is 6.30. The van der Waals surface area contributed by atoms with Gasteiger partial charge in [0.15, 0.2) is 17.6 Å². The number of esters is 1. The molecule has 114 valence electrons. The first-order chi connectivity index (χ1) is 9.77. The third kappa shape index (κ3) is 4.23. The van der Waals surface area contributed by atoms with Crippen molar-refractivity contribution in [2.45, 2.75) is 26.9 Å². The molecule has 1 rings (SSSR count). The second-order valence-corrected chi connectivity index (χ2v) is 4.91. The van der Waals surface area contributed by atoms with Crippen LogP contribution in [0, 0.1) is 6.92 Å². The second kappa shape index (κ2) is 7.13. The van der Waals surface area contributed by atoms with Crippen molar-refractivity contribution in [2.24, 2.45) is 0 Å². The van der Waals surface area contributed by atoms with Crippen molar-refractivity contribution in [3.63, 3.8) is 0 Å². The van der Waals surface area contributed by atoms with Crippen molar-refractivity contribution in [3.05, 3.63) is 40.1 Å². The van der Waals surface area contributed by atoms with Gasteiger partial charge in [0.05, 0.1) is 7.11 Å². The Balaban J connectivity index is 3.08. The molecule has 0 saturated carbocycles. The molecule has 0 radical (unpaired) electrons. The van der Waals surface area contributed by atoms with E-state index in [-0.39, 0.29) is 0 Å². The highest BCUT2D eigenvalue weighted by atomic mass is 35.5. The molecule has 0 aliphatic carbocycles. The summed E-state index contributed by atoms with van der Waals surface area (Å²) in [5.41, 5.74) is 0.348. The monoisotopic (exact) mass is 312 g/mol. The van der Waals surface area contributed by atoms with E-state index in [1.54, 1.807) is 25.1 Å². The Kier molecular flexibility index (Phi) is 5.79. The average Bonchev–Trinajstić information content (AvgIpc) is 2.41. The number of aliphatic hydroxyl groups excluding tert-OH is 1. The van der Waals surface area contributed by atoms with Gasteiger partial charge in [-0.2, -0.15) is 0 Å². The summed E-state index contributed by atoms with van der Waals surface area (Å²) in [7, 11) is 1.13. The zero-order valence-electron chi connectivity index (χ0n) is 12.3. The number of Topliss-reactive ketones (excluding diaryl/α,β-unsaturated/α-hetero) is 1. The van der Waals surface area contributed by atoms with Crippen molar-refractivity contribution in [1.82, 2.24) is 0 Å². The number of rotatable bonds is 5. The average molecular weight is 313 g/mol. The first-order valence-electron chi connectivity index (χ1n) is 6.23. The predicted octanol–water partition coefficient (Wildman–Crippen LogP) is 2.99. The normalized spacial score (nSPS) is 13.2. The zero-order chi connectivity index (χ0) is 16.2. The molecule has 1 atom stereocenters. The third-order valence-electron chi connectivity index (χ3n) is 2.82. The van der Waals surface area contributed by atoms with Gasteiger partial charge in [0.2, 0.25) is 0 Å². The van der Waals surface area contributed by atoms with Crippen LogP contribution in [0.5, 0.6) is 5.75 Å². The fourth-order valence-corrected chi connectivity index (χ4v) is 1.95. The van der Waals surface area contributed by atoms with Gasteiger partial charge in [0.1, 0.15) is 11.3 Å². The summed E-state index contributed by atoms with van der Waals surface area (Å²) in [6.45, 7) is 4.49. The van der Waals surface area contributed by atoms with E-state index in [1.165, 1.54) is 13.8 Å². The summed E-state index contributed by atoms with van der Waals surface area (Å²) in [5, 5.41) is 10.6. The Bertz CT molecular complexity index is 592. The van der Waals surface area contributed by atoms with E-state index >= 15 is 0 Å². The third-order valence-corrected chi connectivity index (χ3v) is 3.06. The lowest BCUT2D eigenvalue weighted by molar-refractivity contribution is -0.138. The van der Waals surface area contributed by atoms with Crippen LogP contribution in [0.15, 0.2) is 29.5 Å². The standard InChI is InChI=1S/C15H17ClO5/c1-8-7-11(16)5-6-12(8)21-10(3)14(18)13(9(2)17)15(19)20-4/h5-7,10,18H,1-4H3/b14-13+. The summed E-state index contributed by atoms with van der Waals surface area (Å²) in [6.07, 6.45) is -0.886. The number of carbonyl (C=O) groups excluding carboxylic acids is 2. The minimum atomic E-state index is -0.900. The van der Waals surface area contributed by atoms with E-state index in [9.17, 15) is 14.7 Å². The molecule has 1 aromatic carbocycles. The van der Waals surface area contributed by atoms with Crippen LogP contribution in [0.4, 0.5) is 0 Å². The fourth-order valence-electron chi connectivity index (χ4n) is 1.73. The largest absolute Gasteiger partial charge is 0.507 e. The summed E-state index contributed by atoms with van der Waals surface area (Å²) in [4.78, 5) is 23.0. The molecule has 1 unspecified atom stereocenters. The van der Waals surface area contributed by atoms with Gasteiger partial charge in [0, 0.05) is 5.02 Å². The summed E-state index contributed by atoms with van der Waals surface area (Å²) >= 11 is 5.85. The molecule has 0 spiro atoms. The van der Waals surface area contributed by atoms with E-state index in [0.29, 0.717) is 10.8 Å². The second-order valence-electron chi connectivity index (χ2n) is 4.48. The number of aliphatic hydroxyl groups is 1. The number of ketones is 1. The molecule has 0 amide bonds. The van der Waals surface area contributed by atoms with Crippen LogP contribution in [0.25, 0.3) is 0 Å². The fraction of sp³-hybridized carbons (Fsp3) is 0.333. The quantitative estimate of drug-likeness (QED) is 0.297. The van der Waals surface area contributed by atoms with Crippen LogP contribution in [0.2, 0.25) is 5.02 Å². The number of halogens is 1. The molecule has 0 fully saturated rings. The van der Waals surface area contributed by atoms with Crippen LogP contribution in [0.3, 0.4) is 0 Å². The van der Waals surface area contributed by atoms with Gasteiger partial charge >= 0.3 is 5.97 Å². The summed E-state index contributed by atoms with van der Waals surface area (Å²) in [6, 6.07) is 4.99. The van der Waals surface area contributed by atoms with Gasteiger partial charge in [-0.1, -0.05) is 11.6 Å². The van der Waals surface area contributed by atoms with Gasteiger partial charge in [-0.15, -0.1) is 0 Å². The highest BCUT2D eigenvalue weighted by Crippen LogP contribution is 2.24. The number of ether oxygens (including phenoxy) is 2. The molecule has 0 saturated heterocycles.